The number of fused-ring (bicyclic) bond motifs is 1. The molecule has 0 bridgehead atoms. The smallest absolute Gasteiger partial charge is 0.223 e. The number of hydrogen-bond donors (Lipinski definition) is 0. The Morgan fingerprint density at radius 3 is 2.57 bits per heavy atom. The number of anilines is 1. The molecular weight excluding hydrogens is 438 g/mol. The van der Waals surface area contributed by atoms with E-state index in [2.05, 4.69) is 55.0 Å². The number of pyridine rings is 1. The van der Waals surface area contributed by atoms with Crippen LogP contribution in [0.1, 0.15) is 61.5 Å². The Labute approximate surface area is 209 Å². The largest absolute Gasteiger partial charge is 0.378 e. The van der Waals surface area contributed by atoms with Crippen LogP contribution in [0.3, 0.4) is 0 Å². The number of hydrogen-bond acceptors (Lipinski definition) is 5. The fourth-order valence-electron chi connectivity index (χ4n) is 4.94. The standard InChI is InChI=1S/C28H39N5O2/c1-19(2)33-28-26(16-29-33)20(3)25(21(4)30-28)13-14-27(34)32(18-24-8-7-15-35-24)17-22-9-11-23(12-10-22)31(5)6/h9-12,16,19,24H,7-8,13-15,17-18H2,1-6H3/t24-/m1/s1. The van der Waals surface area contributed by atoms with Crippen molar-refractivity contribution in [1.82, 2.24) is 19.7 Å². The third-order valence-electron chi connectivity index (χ3n) is 7.04. The number of carbonyl (C=O) groups is 1. The molecule has 0 spiro atoms. The van der Waals surface area contributed by atoms with Gasteiger partial charge in [0, 0.05) is 63.0 Å². The molecule has 7 nitrogen and oxygen atoms in total. The highest BCUT2D eigenvalue weighted by Crippen LogP contribution is 2.26. The highest BCUT2D eigenvalue weighted by Gasteiger charge is 2.24. The summed E-state index contributed by atoms with van der Waals surface area (Å²) in [6, 6.07) is 8.70. The van der Waals surface area contributed by atoms with E-state index in [1.807, 2.05) is 36.8 Å². The van der Waals surface area contributed by atoms with E-state index in [9.17, 15) is 4.79 Å². The van der Waals surface area contributed by atoms with Crippen LogP contribution in [-0.4, -0.2) is 58.9 Å². The molecular formula is C28H39N5O2. The molecule has 188 valence electrons. The average molecular weight is 478 g/mol. The quantitative estimate of drug-likeness (QED) is 0.441. The van der Waals surface area contributed by atoms with E-state index in [1.54, 1.807) is 0 Å². The Hall–Kier alpha value is -2.93. The molecule has 1 aliphatic rings. The number of ether oxygens (including phenoxy) is 1. The molecule has 1 saturated heterocycles. The maximum Gasteiger partial charge on any atom is 0.223 e. The lowest BCUT2D eigenvalue weighted by atomic mass is 10.00. The molecule has 7 heteroatoms. The van der Waals surface area contributed by atoms with Crippen molar-refractivity contribution in [3.8, 4) is 0 Å². The summed E-state index contributed by atoms with van der Waals surface area (Å²) in [5, 5.41) is 5.62. The maximum absolute atomic E-state index is 13.5. The Kier molecular flexibility index (Phi) is 7.75. The van der Waals surface area contributed by atoms with E-state index in [0.717, 1.165) is 53.0 Å². The van der Waals surface area contributed by atoms with E-state index < -0.39 is 0 Å². The van der Waals surface area contributed by atoms with Crippen molar-refractivity contribution in [2.75, 3.05) is 32.1 Å². The van der Waals surface area contributed by atoms with Gasteiger partial charge in [-0.2, -0.15) is 5.10 Å². The highest BCUT2D eigenvalue weighted by atomic mass is 16.5. The van der Waals surface area contributed by atoms with Crippen LogP contribution >= 0.6 is 0 Å². The highest BCUT2D eigenvalue weighted by molar-refractivity contribution is 5.81. The third-order valence-corrected chi connectivity index (χ3v) is 7.04. The van der Waals surface area contributed by atoms with Gasteiger partial charge >= 0.3 is 0 Å². The maximum atomic E-state index is 13.5. The van der Waals surface area contributed by atoms with Crippen LogP contribution < -0.4 is 4.90 Å². The van der Waals surface area contributed by atoms with Crippen LogP contribution in [-0.2, 0) is 22.5 Å². The topological polar surface area (TPSA) is 63.5 Å². The first-order valence-corrected chi connectivity index (χ1v) is 12.7. The van der Waals surface area contributed by atoms with E-state index in [4.69, 9.17) is 9.72 Å². The molecule has 0 unspecified atom stereocenters. The van der Waals surface area contributed by atoms with E-state index in [0.29, 0.717) is 25.9 Å². The van der Waals surface area contributed by atoms with Crippen molar-refractivity contribution >= 4 is 22.6 Å². The van der Waals surface area contributed by atoms with E-state index in [-0.39, 0.29) is 18.1 Å². The second kappa shape index (κ2) is 10.8. The van der Waals surface area contributed by atoms with Crippen molar-refractivity contribution in [3.05, 3.63) is 52.8 Å². The van der Waals surface area contributed by atoms with Gasteiger partial charge in [-0.25, -0.2) is 9.67 Å². The Balaban J connectivity index is 1.50. The molecule has 4 rings (SSSR count). The first kappa shape index (κ1) is 25.2. The van der Waals surface area contributed by atoms with Crippen LogP contribution in [0.25, 0.3) is 11.0 Å². The van der Waals surface area contributed by atoms with Gasteiger partial charge in [0.2, 0.25) is 5.91 Å². The summed E-state index contributed by atoms with van der Waals surface area (Å²) in [5.74, 6) is 0.161. The fraction of sp³-hybridized carbons (Fsp3) is 0.536. The molecule has 1 aliphatic heterocycles. The number of nitrogens with zero attached hydrogens (tertiary/aromatic N) is 5. The summed E-state index contributed by atoms with van der Waals surface area (Å²) in [6.07, 6.45) is 5.25. The fourth-order valence-corrected chi connectivity index (χ4v) is 4.94. The van der Waals surface area contributed by atoms with Crippen LogP contribution in [0.15, 0.2) is 30.5 Å². The third kappa shape index (κ3) is 5.67. The zero-order valence-electron chi connectivity index (χ0n) is 22.0. The Morgan fingerprint density at radius 1 is 1.20 bits per heavy atom. The number of benzene rings is 1. The van der Waals surface area contributed by atoms with Crippen molar-refractivity contribution < 1.29 is 9.53 Å². The predicted molar refractivity (Wildman–Crippen MR) is 141 cm³/mol. The summed E-state index contributed by atoms with van der Waals surface area (Å²) in [7, 11) is 4.07. The number of aryl methyl sites for hydroxylation is 2. The zero-order valence-corrected chi connectivity index (χ0v) is 22.0. The molecule has 2 aromatic heterocycles. The minimum atomic E-state index is 0.128. The van der Waals surface area contributed by atoms with Gasteiger partial charge in [-0.3, -0.25) is 4.79 Å². The zero-order chi connectivity index (χ0) is 25.1. The molecule has 1 aromatic carbocycles. The van der Waals surface area contributed by atoms with Gasteiger partial charge in [-0.15, -0.1) is 0 Å². The van der Waals surface area contributed by atoms with E-state index in [1.165, 1.54) is 5.56 Å². The Morgan fingerprint density at radius 2 is 1.94 bits per heavy atom. The average Bonchev–Trinajstić information content (AvgIpc) is 3.48. The lowest BCUT2D eigenvalue weighted by Crippen LogP contribution is -2.37. The monoisotopic (exact) mass is 477 g/mol. The van der Waals surface area contributed by atoms with E-state index >= 15 is 0 Å². The molecule has 1 atom stereocenters. The summed E-state index contributed by atoms with van der Waals surface area (Å²) in [5.41, 5.74) is 6.53. The molecule has 1 fully saturated rings. The molecule has 0 saturated carbocycles. The lowest BCUT2D eigenvalue weighted by molar-refractivity contribution is -0.133. The lowest BCUT2D eigenvalue weighted by Gasteiger charge is -2.26. The molecule has 3 aromatic rings. The molecule has 0 radical (unpaired) electrons. The van der Waals surface area contributed by atoms with Crippen molar-refractivity contribution in [2.24, 2.45) is 0 Å². The minimum absolute atomic E-state index is 0.128. The number of rotatable bonds is 9. The number of carbonyl (C=O) groups excluding carboxylic acids is 1. The van der Waals surface area contributed by atoms with Gasteiger partial charge in [-0.1, -0.05) is 12.1 Å². The SMILES string of the molecule is Cc1nc2c(cnn2C(C)C)c(C)c1CCC(=O)N(Cc1ccc(N(C)C)cc1)C[C@H]1CCCO1. The first-order chi connectivity index (χ1) is 16.7. The summed E-state index contributed by atoms with van der Waals surface area (Å²) < 4.78 is 7.84. The molecule has 0 N–H and O–H groups in total. The molecule has 0 aliphatic carbocycles. The summed E-state index contributed by atoms with van der Waals surface area (Å²) in [6.45, 7) is 10.4. The van der Waals surface area contributed by atoms with Gasteiger partial charge in [0.1, 0.15) is 0 Å². The molecule has 35 heavy (non-hydrogen) atoms. The van der Waals surface area contributed by atoms with Crippen molar-refractivity contribution in [1.29, 1.82) is 0 Å². The van der Waals surface area contributed by atoms with Crippen LogP contribution in [0.4, 0.5) is 5.69 Å². The summed E-state index contributed by atoms with van der Waals surface area (Å²) in [4.78, 5) is 22.4. The van der Waals surface area contributed by atoms with Crippen LogP contribution in [0, 0.1) is 13.8 Å². The van der Waals surface area contributed by atoms with Crippen LogP contribution in [0.2, 0.25) is 0 Å². The molecule has 1 amide bonds. The Bertz CT molecular complexity index is 1160. The molecule has 3 heterocycles. The van der Waals surface area contributed by atoms with Gasteiger partial charge in [0.25, 0.3) is 0 Å². The minimum Gasteiger partial charge on any atom is -0.378 e. The van der Waals surface area contributed by atoms with Gasteiger partial charge in [0.05, 0.1) is 12.3 Å². The predicted octanol–water partition coefficient (Wildman–Crippen LogP) is 4.84. The number of amides is 1. The van der Waals surface area contributed by atoms with Gasteiger partial charge in [-0.05, 0) is 75.8 Å². The van der Waals surface area contributed by atoms with Crippen molar-refractivity contribution in [3.63, 3.8) is 0 Å². The second-order valence-corrected chi connectivity index (χ2v) is 10.2. The number of aromatic nitrogens is 3. The van der Waals surface area contributed by atoms with Crippen molar-refractivity contribution in [2.45, 2.75) is 72.1 Å². The van der Waals surface area contributed by atoms with Gasteiger partial charge < -0.3 is 14.5 Å². The summed E-state index contributed by atoms with van der Waals surface area (Å²) >= 11 is 0. The first-order valence-electron chi connectivity index (χ1n) is 12.7. The van der Waals surface area contributed by atoms with Gasteiger partial charge in [0.15, 0.2) is 5.65 Å². The van der Waals surface area contributed by atoms with Crippen LogP contribution in [0.5, 0.6) is 0 Å². The normalized spacial score (nSPS) is 15.8. The second-order valence-electron chi connectivity index (χ2n) is 10.2.